The first-order chi connectivity index (χ1) is 13.0. The molecule has 0 saturated heterocycles. The van der Waals surface area contributed by atoms with Gasteiger partial charge in [-0.3, -0.25) is 14.4 Å². The maximum atomic E-state index is 12.5. The molecule has 2 aromatic rings. The number of para-hydroxylation sites is 1. The van der Waals surface area contributed by atoms with Crippen LogP contribution in [0.4, 0.5) is 5.69 Å². The number of rotatable bonds is 7. The van der Waals surface area contributed by atoms with Crippen LogP contribution in [0.15, 0.2) is 54.6 Å². The normalized spacial score (nSPS) is 10.3. The molecule has 6 heteroatoms. The van der Waals surface area contributed by atoms with Gasteiger partial charge in [-0.15, -0.1) is 0 Å². The van der Waals surface area contributed by atoms with Crippen LogP contribution in [-0.2, 0) is 16.1 Å². The Hall–Kier alpha value is -3.15. The number of nitrogens with one attached hydrogen (secondary N) is 3. The van der Waals surface area contributed by atoms with Gasteiger partial charge < -0.3 is 16.0 Å². The summed E-state index contributed by atoms with van der Waals surface area (Å²) < 4.78 is 0. The van der Waals surface area contributed by atoms with Crippen molar-refractivity contribution in [3.63, 3.8) is 0 Å². The quantitative estimate of drug-likeness (QED) is 0.658. The molecule has 3 N–H and O–H groups in total. The molecule has 0 aromatic heterocycles. The van der Waals surface area contributed by atoms with Gasteiger partial charge in [0.2, 0.25) is 0 Å². The minimum absolute atomic E-state index is 0.298. The molecular formula is C21H25N3O3. The number of amides is 3. The summed E-state index contributed by atoms with van der Waals surface area (Å²) in [5, 5.41) is 7.91. The zero-order chi connectivity index (χ0) is 19.6. The van der Waals surface area contributed by atoms with Crippen LogP contribution >= 0.6 is 0 Å². The lowest BCUT2D eigenvalue weighted by atomic mass is 10.1. The molecule has 0 aliphatic heterocycles. The topological polar surface area (TPSA) is 87.3 Å². The van der Waals surface area contributed by atoms with Gasteiger partial charge in [0.1, 0.15) is 0 Å². The maximum Gasteiger partial charge on any atom is 0.313 e. The number of carbonyl (C=O) groups excluding carboxylic acids is 3. The summed E-state index contributed by atoms with van der Waals surface area (Å²) in [6, 6.07) is 16.1. The lowest BCUT2D eigenvalue weighted by Gasteiger charge is -2.12. The molecular weight excluding hydrogens is 342 g/mol. The summed E-state index contributed by atoms with van der Waals surface area (Å²) in [6.45, 7) is 4.88. The van der Waals surface area contributed by atoms with E-state index < -0.39 is 11.8 Å². The van der Waals surface area contributed by atoms with E-state index in [-0.39, 0.29) is 5.91 Å². The van der Waals surface area contributed by atoms with Crippen molar-refractivity contribution in [3.05, 3.63) is 65.7 Å². The second-order valence-electron chi connectivity index (χ2n) is 6.61. The van der Waals surface area contributed by atoms with Gasteiger partial charge in [0.05, 0.1) is 11.3 Å². The monoisotopic (exact) mass is 367 g/mol. The number of hydrogen-bond acceptors (Lipinski definition) is 3. The Balaban J connectivity index is 1.96. The zero-order valence-electron chi connectivity index (χ0n) is 15.6. The summed E-state index contributed by atoms with van der Waals surface area (Å²) in [7, 11) is 0. The number of carbonyl (C=O) groups is 3. The molecule has 2 rings (SSSR count). The zero-order valence-corrected chi connectivity index (χ0v) is 15.6. The summed E-state index contributed by atoms with van der Waals surface area (Å²) in [5.41, 5.74) is 1.57. The third-order valence-corrected chi connectivity index (χ3v) is 3.93. The molecule has 0 fully saturated rings. The van der Waals surface area contributed by atoms with Crippen molar-refractivity contribution >= 4 is 23.4 Å². The predicted molar refractivity (Wildman–Crippen MR) is 105 cm³/mol. The fourth-order valence-corrected chi connectivity index (χ4v) is 2.40. The Morgan fingerprint density at radius 1 is 0.852 bits per heavy atom. The molecule has 0 heterocycles. The average molecular weight is 367 g/mol. The highest BCUT2D eigenvalue weighted by molar-refractivity contribution is 6.40. The first kappa shape index (κ1) is 20.2. The lowest BCUT2D eigenvalue weighted by molar-refractivity contribution is -0.136. The van der Waals surface area contributed by atoms with Crippen molar-refractivity contribution in [2.75, 3.05) is 11.9 Å². The van der Waals surface area contributed by atoms with E-state index >= 15 is 0 Å². The number of anilines is 1. The van der Waals surface area contributed by atoms with Gasteiger partial charge in [0.25, 0.3) is 5.91 Å². The van der Waals surface area contributed by atoms with Gasteiger partial charge in [-0.2, -0.15) is 0 Å². The van der Waals surface area contributed by atoms with Gasteiger partial charge in [0.15, 0.2) is 0 Å². The molecule has 0 saturated carbocycles. The van der Waals surface area contributed by atoms with Crippen molar-refractivity contribution in [2.45, 2.75) is 26.8 Å². The Morgan fingerprint density at radius 3 is 2.22 bits per heavy atom. The van der Waals surface area contributed by atoms with Gasteiger partial charge >= 0.3 is 11.8 Å². The molecule has 2 aromatic carbocycles. The molecule has 0 spiro atoms. The summed E-state index contributed by atoms with van der Waals surface area (Å²) in [4.78, 5) is 36.5. The summed E-state index contributed by atoms with van der Waals surface area (Å²) in [5.74, 6) is -1.39. The van der Waals surface area contributed by atoms with Crippen LogP contribution in [0.2, 0.25) is 0 Å². The van der Waals surface area contributed by atoms with Gasteiger partial charge in [-0.1, -0.05) is 56.3 Å². The van der Waals surface area contributed by atoms with Crippen LogP contribution in [0.3, 0.4) is 0 Å². The van der Waals surface area contributed by atoms with Crippen LogP contribution in [0.5, 0.6) is 0 Å². The molecule has 6 nitrogen and oxygen atoms in total. The minimum Gasteiger partial charge on any atom is -0.348 e. The van der Waals surface area contributed by atoms with E-state index in [4.69, 9.17) is 0 Å². The molecule has 0 radical (unpaired) electrons. The SMILES string of the molecule is CC(C)CCNC(=O)C(=O)Nc1ccccc1C(=O)NCc1ccccc1. The first-order valence-corrected chi connectivity index (χ1v) is 8.97. The number of hydrogen-bond donors (Lipinski definition) is 3. The van der Waals surface area contributed by atoms with Crippen molar-refractivity contribution < 1.29 is 14.4 Å². The van der Waals surface area contributed by atoms with Gasteiger partial charge in [-0.25, -0.2) is 0 Å². The van der Waals surface area contributed by atoms with E-state index in [9.17, 15) is 14.4 Å². The molecule has 142 valence electrons. The smallest absolute Gasteiger partial charge is 0.313 e. The maximum absolute atomic E-state index is 12.5. The Kier molecular flexibility index (Phi) is 7.55. The van der Waals surface area contributed by atoms with Crippen LogP contribution in [0, 0.1) is 5.92 Å². The van der Waals surface area contributed by atoms with E-state index in [0.717, 1.165) is 12.0 Å². The van der Waals surface area contributed by atoms with Crippen LogP contribution in [0.1, 0.15) is 36.2 Å². The Bertz CT molecular complexity index is 788. The van der Waals surface area contributed by atoms with Crippen molar-refractivity contribution in [2.24, 2.45) is 5.92 Å². The average Bonchev–Trinajstić information content (AvgIpc) is 2.67. The molecule has 0 aliphatic carbocycles. The molecule has 0 unspecified atom stereocenters. The highest BCUT2D eigenvalue weighted by Gasteiger charge is 2.17. The van der Waals surface area contributed by atoms with Crippen LogP contribution in [0.25, 0.3) is 0 Å². The molecule has 0 aliphatic rings. The van der Waals surface area contributed by atoms with Crippen LogP contribution < -0.4 is 16.0 Å². The van der Waals surface area contributed by atoms with E-state index in [2.05, 4.69) is 16.0 Å². The van der Waals surface area contributed by atoms with Crippen LogP contribution in [-0.4, -0.2) is 24.3 Å². The fraction of sp³-hybridized carbons (Fsp3) is 0.286. The minimum atomic E-state index is -0.790. The summed E-state index contributed by atoms with van der Waals surface area (Å²) >= 11 is 0. The van der Waals surface area contributed by atoms with Crippen molar-refractivity contribution in [1.29, 1.82) is 0 Å². The second kappa shape index (κ2) is 10.1. The van der Waals surface area contributed by atoms with E-state index in [1.165, 1.54) is 0 Å². The van der Waals surface area contributed by atoms with Gasteiger partial charge in [-0.05, 0) is 30.0 Å². The molecule has 27 heavy (non-hydrogen) atoms. The van der Waals surface area contributed by atoms with Gasteiger partial charge in [0, 0.05) is 13.1 Å². The van der Waals surface area contributed by atoms with E-state index in [1.807, 2.05) is 44.2 Å². The van der Waals surface area contributed by atoms with E-state index in [1.54, 1.807) is 24.3 Å². The lowest BCUT2D eigenvalue weighted by Crippen LogP contribution is -2.36. The summed E-state index contributed by atoms with van der Waals surface area (Å²) in [6.07, 6.45) is 0.789. The highest BCUT2D eigenvalue weighted by atomic mass is 16.2. The van der Waals surface area contributed by atoms with Crippen molar-refractivity contribution in [1.82, 2.24) is 10.6 Å². The Labute approximate surface area is 159 Å². The third kappa shape index (κ3) is 6.58. The fourth-order valence-electron chi connectivity index (χ4n) is 2.40. The third-order valence-electron chi connectivity index (χ3n) is 3.93. The van der Waals surface area contributed by atoms with E-state index in [0.29, 0.717) is 30.3 Å². The van der Waals surface area contributed by atoms with Crippen molar-refractivity contribution in [3.8, 4) is 0 Å². The second-order valence-corrected chi connectivity index (χ2v) is 6.61. The Morgan fingerprint density at radius 2 is 1.52 bits per heavy atom. The number of benzene rings is 2. The molecule has 3 amide bonds. The largest absolute Gasteiger partial charge is 0.348 e. The standard InChI is InChI=1S/C21H25N3O3/c1-15(2)12-13-22-20(26)21(27)24-18-11-7-6-10-17(18)19(25)23-14-16-8-4-3-5-9-16/h3-11,15H,12-14H2,1-2H3,(H,22,26)(H,23,25)(H,24,27). The molecule has 0 atom stereocenters. The molecule has 0 bridgehead atoms. The highest BCUT2D eigenvalue weighted by Crippen LogP contribution is 2.15. The first-order valence-electron chi connectivity index (χ1n) is 8.97. The predicted octanol–water partition coefficient (Wildman–Crippen LogP) is 2.72.